The Morgan fingerprint density at radius 1 is 1.59 bits per heavy atom. The first kappa shape index (κ1) is 14.4. The van der Waals surface area contributed by atoms with Crippen molar-refractivity contribution in [2.45, 2.75) is 13.0 Å². The highest BCUT2D eigenvalue weighted by Crippen LogP contribution is 2.14. The molecule has 0 spiro atoms. The van der Waals surface area contributed by atoms with Gasteiger partial charge < -0.3 is 15.4 Å². The van der Waals surface area contributed by atoms with Gasteiger partial charge in [0, 0.05) is 27.3 Å². The van der Waals surface area contributed by atoms with Crippen LogP contribution in [0.1, 0.15) is 12.1 Å². The van der Waals surface area contributed by atoms with Crippen LogP contribution in [0, 0.1) is 0 Å². The number of nitrogens with zero attached hydrogens (tertiary/aromatic N) is 2. The summed E-state index contributed by atoms with van der Waals surface area (Å²) in [6.07, 6.45) is 2.71. The van der Waals surface area contributed by atoms with Crippen molar-refractivity contribution in [2.75, 3.05) is 20.3 Å². The predicted octanol–water partition coefficient (Wildman–Crippen LogP) is 1.18. The SMILES string of the molecule is COCCCNC(=S)NCc1c(Br)cnn1C. The van der Waals surface area contributed by atoms with Gasteiger partial charge in [0.25, 0.3) is 0 Å². The molecule has 1 heterocycles. The highest BCUT2D eigenvalue weighted by atomic mass is 79.9. The van der Waals surface area contributed by atoms with E-state index in [2.05, 4.69) is 31.7 Å². The minimum absolute atomic E-state index is 0.646. The number of ether oxygens (including phenoxy) is 1. The third-order valence-corrected chi connectivity index (χ3v) is 3.19. The van der Waals surface area contributed by atoms with Gasteiger partial charge >= 0.3 is 0 Å². The van der Waals surface area contributed by atoms with Crippen molar-refractivity contribution in [1.82, 2.24) is 20.4 Å². The summed E-state index contributed by atoms with van der Waals surface area (Å²) in [6, 6.07) is 0. The van der Waals surface area contributed by atoms with Crippen LogP contribution >= 0.6 is 28.1 Å². The first-order valence-electron chi connectivity index (χ1n) is 5.32. The van der Waals surface area contributed by atoms with Crippen LogP contribution in [0.15, 0.2) is 10.7 Å². The lowest BCUT2D eigenvalue weighted by atomic mass is 10.4. The van der Waals surface area contributed by atoms with E-state index < -0.39 is 0 Å². The second-order valence-electron chi connectivity index (χ2n) is 3.52. The Morgan fingerprint density at radius 2 is 2.35 bits per heavy atom. The molecule has 5 nitrogen and oxygen atoms in total. The second-order valence-corrected chi connectivity index (χ2v) is 4.78. The first-order chi connectivity index (χ1) is 8.15. The molecule has 0 radical (unpaired) electrons. The lowest BCUT2D eigenvalue weighted by Gasteiger charge is -2.10. The zero-order valence-electron chi connectivity index (χ0n) is 9.99. The first-order valence-corrected chi connectivity index (χ1v) is 6.52. The standard InChI is InChI=1S/C10H17BrN4OS/c1-15-9(8(11)6-14-15)7-13-10(17)12-4-3-5-16-2/h6H,3-5,7H2,1-2H3,(H2,12,13,17). The largest absolute Gasteiger partial charge is 0.385 e. The van der Waals surface area contributed by atoms with Gasteiger partial charge in [-0.15, -0.1) is 0 Å². The zero-order chi connectivity index (χ0) is 12.7. The number of aromatic nitrogens is 2. The molecular weight excluding hydrogens is 304 g/mol. The van der Waals surface area contributed by atoms with E-state index in [1.165, 1.54) is 0 Å². The molecule has 1 rings (SSSR count). The molecule has 0 fully saturated rings. The summed E-state index contributed by atoms with van der Waals surface area (Å²) < 4.78 is 7.74. The van der Waals surface area contributed by atoms with Crippen LogP contribution in [0.3, 0.4) is 0 Å². The minimum atomic E-state index is 0.646. The van der Waals surface area contributed by atoms with E-state index >= 15 is 0 Å². The third-order valence-electron chi connectivity index (χ3n) is 2.24. The molecule has 0 saturated heterocycles. The van der Waals surface area contributed by atoms with Crippen molar-refractivity contribution in [3.63, 3.8) is 0 Å². The number of rotatable bonds is 6. The molecule has 0 saturated carbocycles. The highest BCUT2D eigenvalue weighted by molar-refractivity contribution is 9.10. The van der Waals surface area contributed by atoms with E-state index in [1.54, 1.807) is 13.3 Å². The number of methoxy groups -OCH3 is 1. The molecule has 7 heteroatoms. The Kier molecular flexibility index (Phi) is 6.46. The number of nitrogens with one attached hydrogen (secondary N) is 2. The average molecular weight is 321 g/mol. The summed E-state index contributed by atoms with van der Waals surface area (Å²) in [5.41, 5.74) is 1.06. The van der Waals surface area contributed by atoms with Gasteiger partial charge in [0.05, 0.1) is 22.9 Å². The van der Waals surface area contributed by atoms with Crippen molar-refractivity contribution in [2.24, 2.45) is 7.05 Å². The van der Waals surface area contributed by atoms with Crippen molar-refractivity contribution >= 4 is 33.3 Å². The van der Waals surface area contributed by atoms with E-state index in [0.717, 1.165) is 29.7 Å². The molecule has 0 atom stereocenters. The number of aryl methyl sites for hydroxylation is 1. The van der Waals surface area contributed by atoms with E-state index in [4.69, 9.17) is 17.0 Å². The van der Waals surface area contributed by atoms with Crippen LogP contribution in [0.2, 0.25) is 0 Å². The van der Waals surface area contributed by atoms with Crippen LogP contribution in [0.4, 0.5) is 0 Å². The Balaban J connectivity index is 2.24. The van der Waals surface area contributed by atoms with Crippen LogP contribution in [0.5, 0.6) is 0 Å². The van der Waals surface area contributed by atoms with Crippen LogP contribution < -0.4 is 10.6 Å². The summed E-state index contributed by atoms with van der Waals surface area (Å²) in [7, 11) is 3.59. The van der Waals surface area contributed by atoms with Crippen LogP contribution in [0.25, 0.3) is 0 Å². The molecule has 0 bridgehead atoms. The summed E-state index contributed by atoms with van der Waals surface area (Å²) in [5, 5.41) is 11.0. The van der Waals surface area contributed by atoms with Crippen LogP contribution in [-0.2, 0) is 18.3 Å². The van der Waals surface area contributed by atoms with Crippen molar-refractivity contribution in [1.29, 1.82) is 0 Å². The summed E-state index contributed by atoms with van der Waals surface area (Å²) >= 11 is 8.59. The normalized spacial score (nSPS) is 10.3. The molecular formula is C10H17BrN4OS. The smallest absolute Gasteiger partial charge is 0.166 e. The maximum Gasteiger partial charge on any atom is 0.166 e. The van der Waals surface area contributed by atoms with Crippen LogP contribution in [-0.4, -0.2) is 35.2 Å². The molecule has 1 aromatic heterocycles. The Bertz CT molecular complexity index is 350. The molecule has 0 aromatic carbocycles. The van der Waals surface area contributed by atoms with Gasteiger partial charge in [0.2, 0.25) is 0 Å². The van der Waals surface area contributed by atoms with Crippen molar-refractivity contribution in [3.8, 4) is 0 Å². The summed E-state index contributed by atoms with van der Waals surface area (Å²) in [5.74, 6) is 0. The third kappa shape index (κ3) is 5.01. The molecule has 96 valence electrons. The molecule has 0 aliphatic rings. The van der Waals surface area contributed by atoms with Gasteiger partial charge in [-0.05, 0) is 34.6 Å². The average Bonchev–Trinajstić information content (AvgIpc) is 2.62. The number of hydrogen-bond donors (Lipinski definition) is 2. The molecule has 17 heavy (non-hydrogen) atoms. The number of thiocarbonyl (C=S) groups is 1. The Labute approximate surface area is 115 Å². The van der Waals surface area contributed by atoms with Crippen molar-refractivity contribution in [3.05, 3.63) is 16.4 Å². The Hall–Kier alpha value is -0.660. The van der Waals surface area contributed by atoms with E-state index in [1.807, 2.05) is 11.7 Å². The lowest BCUT2D eigenvalue weighted by molar-refractivity contribution is 0.195. The van der Waals surface area contributed by atoms with E-state index in [0.29, 0.717) is 11.7 Å². The van der Waals surface area contributed by atoms with Gasteiger partial charge in [0.1, 0.15) is 0 Å². The summed E-state index contributed by atoms with van der Waals surface area (Å²) in [4.78, 5) is 0. The monoisotopic (exact) mass is 320 g/mol. The zero-order valence-corrected chi connectivity index (χ0v) is 12.4. The second kappa shape index (κ2) is 7.62. The molecule has 0 aliphatic carbocycles. The topological polar surface area (TPSA) is 51.1 Å². The summed E-state index contributed by atoms with van der Waals surface area (Å²) in [6.45, 7) is 2.20. The molecule has 1 aromatic rings. The molecule has 0 aliphatic heterocycles. The van der Waals surface area contributed by atoms with Gasteiger partial charge in [-0.3, -0.25) is 4.68 Å². The van der Waals surface area contributed by atoms with Gasteiger partial charge in [0.15, 0.2) is 5.11 Å². The highest BCUT2D eigenvalue weighted by Gasteiger charge is 2.05. The molecule has 2 N–H and O–H groups in total. The van der Waals surface area contributed by atoms with Crippen molar-refractivity contribution < 1.29 is 4.74 Å². The fraction of sp³-hybridized carbons (Fsp3) is 0.600. The number of hydrogen-bond acceptors (Lipinski definition) is 3. The fourth-order valence-corrected chi connectivity index (χ4v) is 1.94. The minimum Gasteiger partial charge on any atom is -0.385 e. The predicted molar refractivity (Wildman–Crippen MR) is 74.8 cm³/mol. The maximum absolute atomic E-state index is 5.16. The van der Waals surface area contributed by atoms with Gasteiger partial charge in [-0.25, -0.2) is 0 Å². The molecule has 0 unspecified atom stereocenters. The van der Waals surface area contributed by atoms with E-state index in [-0.39, 0.29) is 0 Å². The lowest BCUT2D eigenvalue weighted by Crippen LogP contribution is -2.36. The van der Waals surface area contributed by atoms with Gasteiger partial charge in [-0.2, -0.15) is 5.10 Å². The molecule has 0 amide bonds. The van der Waals surface area contributed by atoms with Gasteiger partial charge in [-0.1, -0.05) is 0 Å². The fourth-order valence-electron chi connectivity index (χ4n) is 1.28. The Morgan fingerprint density at radius 3 is 2.94 bits per heavy atom. The number of halogens is 1. The van der Waals surface area contributed by atoms with E-state index in [9.17, 15) is 0 Å². The quantitative estimate of drug-likeness (QED) is 0.609. The maximum atomic E-state index is 5.16.